The van der Waals surface area contributed by atoms with E-state index >= 15 is 0 Å². The van der Waals surface area contributed by atoms with Gasteiger partial charge < -0.3 is 9.15 Å². The molecule has 2 fully saturated rings. The Labute approximate surface area is 162 Å². The molecule has 0 N–H and O–H groups in total. The molecule has 146 valence electrons. The molecule has 0 saturated carbocycles. The molecule has 0 amide bonds. The van der Waals surface area contributed by atoms with Gasteiger partial charge in [-0.2, -0.15) is 0 Å². The summed E-state index contributed by atoms with van der Waals surface area (Å²) in [4.78, 5) is 9.41. The summed E-state index contributed by atoms with van der Waals surface area (Å²) in [6.45, 7) is 9.37. The number of furan rings is 1. The average molecular weight is 370 g/mol. The van der Waals surface area contributed by atoms with E-state index in [0.717, 1.165) is 50.9 Å². The molecule has 0 aromatic carbocycles. The first-order valence-corrected chi connectivity index (χ1v) is 10.0. The SMILES string of the molecule is COC[C@H]1CN(Cc2cccnc2)CC12CCN(Cc1ccc(C)o1)CC2. The molecule has 2 aliphatic heterocycles. The molecule has 4 rings (SSSR count). The molecular weight excluding hydrogens is 338 g/mol. The number of rotatable bonds is 6. The predicted molar refractivity (Wildman–Crippen MR) is 105 cm³/mol. The third kappa shape index (κ3) is 4.26. The minimum atomic E-state index is 0.383. The van der Waals surface area contributed by atoms with Crippen LogP contribution in [0.1, 0.15) is 29.9 Å². The lowest BCUT2D eigenvalue weighted by molar-refractivity contribution is 0.0331. The van der Waals surface area contributed by atoms with E-state index < -0.39 is 0 Å². The maximum Gasteiger partial charge on any atom is 0.118 e. The third-order valence-electron chi connectivity index (χ3n) is 6.41. The fourth-order valence-electron chi connectivity index (χ4n) is 4.96. The maximum absolute atomic E-state index is 5.77. The van der Waals surface area contributed by atoms with E-state index in [1.165, 1.54) is 24.9 Å². The predicted octanol–water partition coefficient (Wildman–Crippen LogP) is 3.34. The zero-order valence-corrected chi connectivity index (χ0v) is 16.6. The van der Waals surface area contributed by atoms with E-state index in [0.29, 0.717) is 11.3 Å². The second-order valence-corrected chi connectivity index (χ2v) is 8.33. The lowest BCUT2D eigenvalue weighted by atomic mass is 9.71. The number of aryl methyl sites for hydroxylation is 1. The standard InChI is InChI=1S/C22H31N3O2/c1-18-5-6-21(27-18)15-24-10-7-22(8-11-24)17-25(14-20(22)16-26-2)13-19-4-3-9-23-12-19/h3-6,9,12,20H,7-8,10-11,13-17H2,1-2H3/t20-/m1/s1. The van der Waals surface area contributed by atoms with E-state index in [-0.39, 0.29) is 0 Å². The number of piperidine rings is 1. The zero-order chi connectivity index (χ0) is 18.7. The Bertz CT molecular complexity index is 722. The Morgan fingerprint density at radius 1 is 1.19 bits per heavy atom. The van der Waals surface area contributed by atoms with Gasteiger partial charge in [-0.1, -0.05) is 6.07 Å². The summed E-state index contributed by atoms with van der Waals surface area (Å²) in [6, 6.07) is 8.38. The molecule has 27 heavy (non-hydrogen) atoms. The van der Waals surface area contributed by atoms with Crippen LogP contribution in [0, 0.1) is 18.3 Å². The van der Waals surface area contributed by atoms with Crippen molar-refractivity contribution in [2.24, 2.45) is 11.3 Å². The maximum atomic E-state index is 5.77. The Morgan fingerprint density at radius 3 is 2.70 bits per heavy atom. The Balaban J connectivity index is 1.38. The van der Waals surface area contributed by atoms with Gasteiger partial charge >= 0.3 is 0 Å². The second-order valence-electron chi connectivity index (χ2n) is 8.33. The lowest BCUT2D eigenvalue weighted by Gasteiger charge is -2.42. The molecule has 1 spiro atoms. The minimum absolute atomic E-state index is 0.383. The fraction of sp³-hybridized carbons (Fsp3) is 0.591. The van der Waals surface area contributed by atoms with Crippen molar-refractivity contribution in [3.05, 3.63) is 53.7 Å². The van der Waals surface area contributed by atoms with E-state index in [9.17, 15) is 0 Å². The number of methoxy groups -OCH3 is 1. The summed E-state index contributed by atoms with van der Waals surface area (Å²) >= 11 is 0. The smallest absolute Gasteiger partial charge is 0.118 e. The van der Waals surface area contributed by atoms with Crippen LogP contribution >= 0.6 is 0 Å². The molecule has 0 aliphatic carbocycles. The van der Waals surface area contributed by atoms with Gasteiger partial charge in [-0.3, -0.25) is 14.8 Å². The molecule has 0 radical (unpaired) electrons. The van der Waals surface area contributed by atoms with Gasteiger partial charge in [0.15, 0.2) is 0 Å². The molecule has 2 aliphatic rings. The van der Waals surface area contributed by atoms with Crippen LogP contribution in [-0.4, -0.2) is 54.7 Å². The molecule has 5 heteroatoms. The molecule has 0 bridgehead atoms. The molecule has 5 nitrogen and oxygen atoms in total. The van der Waals surface area contributed by atoms with Crippen LogP contribution in [0.4, 0.5) is 0 Å². The third-order valence-corrected chi connectivity index (χ3v) is 6.41. The normalized spacial score (nSPS) is 23.3. The van der Waals surface area contributed by atoms with Crippen LogP contribution in [0.3, 0.4) is 0 Å². The van der Waals surface area contributed by atoms with Crippen LogP contribution in [0.15, 0.2) is 41.1 Å². The highest BCUT2D eigenvalue weighted by atomic mass is 16.5. The van der Waals surface area contributed by atoms with Gasteiger partial charge in [0.2, 0.25) is 0 Å². The van der Waals surface area contributed by atoms with Crippen LogP contribution in [-0.2, 0) is 17.8 Å². The number of likely N-dealkylation sites (tertiary alicyclic amines) is 2. The van der Waals surface area contributed by atoms with Gasteiger partial charge in [-0.05, 0) is 62.0 Å². The van der Waals surface area contributed by atoms with Crippen LogP contribution < -0.4 is 0 Å². The molecule has 2 aromatic heterocycles. The molecular formula is C22H31N3O2. The van der Waals surface area contributed by atoms with Gasteiger partial charge in [0.05, 0.1) is 13.2 Å². The zero-order valence-electron chi connectivity index (χ0n) is 16.6. The minimum Gasteiger partial charge on any atom is -0.465 e. The quantitative estimate of drug-likeness (QED) is 0.781. The topological polar surface area (TPSA) is 41.7 Å². The van der Waals surface area contributed by atoms with Gasteiger partial charge in [0.25, 0.3) is 0 Å². The summed E-state index contributed by atoms with van der Waals surface area (Å²) in [5, 5.41) is 0. The first kappa shape index (κ1) is 18.7. The van der Waals surface area contributed by atoms with E-state index in [1.54, 1.807) is 0 Å². The number of hydrogen-bond donors (Lipinski definition) is 0. The molecule has 0 unspecified atom stereocenters. The number of hydrogen-bond acceptors (Lipinski definition) is 5. The van der Waals surface area contributed by atoms with E-state index in [1.807, 2.05) is 32.5 Å². The number of aromatic nitrogens is 1. The van der Waals surface area contributed by atoms with Crippen molar-refractivity contribution >= 4 is 0 Å². The van der Waals surface area contributed by atoms with Gasteiger partial charge in [-0.15, -0.1) is 0 Å². The van der Waals surface area contributed by atoms with Crippen molar-refractivity contribution in [1.82, 2.24) is 14.8 Å². The van der Waals surface area contributed by atoms with E-state index in [4.69, 9.17) is 9.15 Å². The number of pyridine rings is 1. The van der Waals surface area contributed by atoms with Crippen molar-refractivity contribution in [3.8, 4) is 0 Å². The van der Waals surface area contributed by atoms with Gasteiger partial charge in [0, 0.05) is 45.1 Å². The molecule has 1 atom stereocenters. The largest absolute Gasteiger partial charge is 0.465 e. The monoisotopic (exact) mass is 369 g/mol. The van der Waals surface area contributed by atoms with Crippen molar-refractivity contribution in [1.29, 1.82) is 0 Å². The van der Waals surface area contributed by atoms with Crippen LogP contribution in [0.5, 0.6) is 0 Å². The number of nitrogens with zero attached hydrogens (tertiary/aromatic N) is 3. The average Bonchev–Trinajstić information content (AvgIpc) is 3.22. The van der Waals surface area contributed by atoms with Crippen molar-refractivity contribution < 1.29 is 9.15 Å². The molecule has 2 aromatic rings. The summed E-state index contributed by atoms with van der Waals surface area (Å²) < 4.78 is 11.4. The van der Waals surface area contributed by atoms with Crippen molar-refractivity contribution in [3.63, 3.8) is 0 Å². The highest BCUT2D eigenvalue weighted by Crippen LogP contribution is 2.45. The summed E-state index contributed by atoms with van der Waals surface area (Å²) in [6.07, 6.45) is 6.32. The first-order chi connectivity index (χ1) is 13.2. The van der Waals surface area contributed by atoms with Gasteiger partial charge in [-0.25, -0.2) is 0 Å². The van der Waals surface area contributed by atoms with Crippen LogP contribution in [0.2, 0.25) is 0 Å². The summed E-state index contributed by atoms with van der Waals surface area (Å²) in [5.74, 6) is 2.70. The van der Waals surface area contributed by atoms with E-state index in [2.05, 4.69) is 33.0 Å². The van der Waals surface area contributed by atoms with Gasteiger partial charge in [0.1, 0.15) is 11.5 Å². The summed E-state index contributed by atoms with van der Waals surface area (Å²) in [5.41, 5.74) is 1.68. The summed E-state index contributed by atoms with van der Waals surface area (Å²) in [7, 11) is 1.84. The molecule has 4 heterocycles. The lowest BCUT2D eigenvalue weighted by Crippen LogP contribution is -2.44. The van der Waals surface area contributed by atoms with Crippen molar-refractivity contribution in [2.75, 3.05) is 39.9 Å². The number of ether oxygens (including phenoxy) is 1. The second kappa shape index (κ2) is 8.13. The first-order valence-electron chi connectivity index (χ1n) is 10.0. The Hall–Kier alpha value is -1.69. The highest BCUT2D eigenvalue weighted by Gasteiger charge is 2.47. The Kier molecular flexibility index (Phi) is 5.62. The van der Waals surface area contributed by atoms with Crippen molar-refractivity contribution in [2.45, 2.75) is 32.9 Å². The highest BCUT2D eigenvalue weighted by molar-refractivity contribution is 5.10. The molecule has 2 saturated heterocycles. The van der Waals surface area contributed by atoms with Crippen LogP contribution in [0.25, 0.3) is 0 Å². The Morgan fingerprint density at radius 2 is 2.04 bits per heavy atom. The fourth-order valence-corrected chi connectivity index (χ4v) is 4.96.